The molecule has 3 heteroatoms. The van der Waals surface area contributed by atoms with Crippen molar-refractivity contribution in [3.05, 3.63) is 30.2 Å². The van der Waals surface area contributed by atoms with E-state index in [-0.39, 0.29) is 6.29 Å². The average Bonchev–Trinajstić information content (AvgIpc) is 2.78. The second-order valence-electron chi connectivity index (χ2n) is 3.93. The van der Waals surface area contributed by atoms with E-state index in [1.807, 2.05) is 6.07 Å². The standard InChI is InChI=1S/C13H18O3/c1-2-12-11(6-9-14-12)7-10-16-13-5-3-4-8-15-13/h2,6,9,13H,1,3-5,7-8,10H2. The molecule has 1 aromatic heterocycles. The molecule has 0 aliphatic carbocycles. The van der Waals surface area contributed by atoms with Crippen molar-refractivity contribution >= 4 is 6.08 Å². The topological polar surface area (TPSA) is 31.6 Å². The molecule has 0 bridgehead atoms. The average molecular weight is 222 g/mol. The normalized spacial score (nSPS) is 20.9. The van der Waals surface area contributed by atoms with E-state index in [0.717, 1.165) is 37.2 Å². The van der Waals surface area contributed by atoms with Crippen molar-refractivity contribution in [2.24, 2.45) is 0 Å². The summed E-state index contributed by atoms with van der Waals surface area (Å²) in [7, 11) is 0. The van der Waals surface area contributed by atoms with Crippen molar-refractivity contribution in [1.29, 1.82) is 0 Å². The maximum absolute atomic E-state index is 5.66. The molecule has 2 heterocycles. The lowest BCUT2D eigenvalue weighted by Gasteiger charge is -2.22. The Morgan fingerprint density at radius 2 is 2.44 bits per heavy atom. The number of furan rings is 1. The highest BCUT2D eigenvalue weighted by atomic mass is 16.7. The molecule has 1 atom stereocenters. The van der Waals surface area contributed by atoms with Gasteiger partial charge in [0, 0.05) is 12.2 Å². The Hall–Kier alpha value is -1.06. The Morgan fingerprint density at radius 1 is 1.50 bits per heavy atom. The molecular formula is C13H18O3. The maximum atomic E-state index is 5.66. The van der Waals surface area contributed by atoms with Gasteiger partial charge < -0.3 is 13.9 Å². The lowest BCUT2D eigenvalue weighted by molar-refractivity contribution is -0.161. The van der Waals surface area contributed by atoms with Crippen molar-refractivity contribution in [3.63, 3.8) is 0 Å². The van der Waals surface area contributed by atoms with Gasteiger partial charge in [-0.1, -0.05) is 6.58 Å². The quantitative estimate of drug-likeness (QED) is 0.767. The van der Waals surface area contributed by atoms with E-state index >= 15 is 0 Å². The lowest BCUT2D eigenvalue weighted by Crippen LogP contribution is -2.23. The third-order valence-corrected chi connectivity index (χ3v) is 2.78. The van der Waals surface area contributed by atoms with E-state index in [1.165, 1.54) is 6.42 Å². The first-order valence-corrected chi connectivity index (χ1v) is 5.82. The number of rotatable bonds is 5. The smallest absolute Gasteiger partial charge is 0.157 e. The predicted molar refractivity (Wildman–Crippen MR) is 62.0 cm³/mol. The van der Waals surface area contributed by atoms with Crippen LogP contribution < -0.4 is 0 Å². The monoisotopic (exact) mass is 222 g/mol. The lowest BCUT2D eigenvalue weighted by atomic mass is 10.2. The minimum atomic E-state index is -0.00664. The zero-order chi connectivity index (χ0) is 11.2. The van der Waals surface area contributed by atoms with E-state index in [1.54, 1.807) is 12.3 Å². The fourth-order valence-electron chi connectivity index (χ4n) is 1.88. The first-order chi connectivity index (χ1) is 7.90. The second kappa shape index (κ2) is 5.87. The second-order valence-corrected chi connectivity index (χ2v) is 3.93. The Kier molecular flexibility index (Phi) is 4.19. The summed E-state index contributed by atoms with van der Waals surface area (Å²) in [4.78, 5) is 0. The van der Waals surface area contributed by atoms with Gasteiger partial charge in [-0.3, -0.25) is 0 Å². The van der Waals surface area contributed by atoms with Crippen LogP contribution in [0.5, 0.6) is 0 Å². The van der Waals surface area contributed by atoms with E-state index < -0.39 is 0 Å². The van der Waals surface area contributed by atoms with Gasteiger partial charge in [0.25, 0.3) is 0 Å². The molecule has 2 rings (SSSR count). The van der Waals surface area contributed by atoms with Crippen molar-refractivity contribution in [3.8, 4) is 0 Å². The molecule has 1 aliphatic heterocycles. The zero-order valence-corrected chi connectivity index (χ0v) is 9.48. The molecule has 0 amide bonds. The van der Waals surface area contributed by atoms with Crippen LogP contribution in [-0.4, -0.2) is 19.5 Å². The first-order valence-electron chi connectivity index (χ1n) is 5.82. The molecule has 1 saturated heterocycles. The molecule has 16 heavy (non-hydrogen) atoms. The fourth-order valence-corrected chi connectivity index (χ4v) is 1.88. The maximum Gasteiger partial charge on any atom is 0.157 e. The summed E-state index contributed by atoms with van der Waals surface area (Å²) >= 11 is 0. The van der Waals surface area contributed by atoms with E-state index in [4.69, 9.17) is 13.9 Å². The zero-order valence-electron chi connectivity index (χ0n) is 9.48. The molecular weight excluding hydrogens is 204 g/mol. The summed E-state index contributed by atoms with van der Waals surface area (Å²) in [5, 5.41) is 0. The molecule has 0 N–H and O–H groups in total. The Morgan fingerprint density at radius 3 is 3.19 bits per heavy atom. The van der Waals surface area contributed by atoms with Gasteiger partial charge in [-0.25, -0.2) is 0 Å². The molecule has 1 fully saturated rings. The third kappa shape index (κ3) is 2.97. The molecule has 1 aliphatic rings. The number of hydrogen-bond acceptors (Lipinski definition) is 3. The van der Waals surface area contributed by atoms with Crippen LogP contribution in [0.2, 0.25) is 0 Å². The van der Waals surface area contributed by atoms with Crippen LogP contribution in [0.15, 0.2) is 23.3 Å². The summed E-state index contributed by atoms with van der Waals surface area (Å²) < 4.78 is 16.4. The van der Waals surface area contributed by atoms with E-state index in [9.17, 15) is 0 Å². The Balaban J connectivity index is 1.73. The Labute approximate surface area is 96.0 Å². The van der Waals surface area contributed by atoms with Crippen LogP contribution >= 0.6 is 0 Å². The summed E-state index contributed by atoms with van der Waals surface area (Å²) in [5.41, 5.74) is 1.14. The molecule has 0 saturated carbocycles. The SMILES string of the molecule is C=Cc1occc1CCOC1CCCCO1. The van der Waals surface area contributed by atoms with Gasteiger partial charge in [-0.2, -0.15) is 0 Å². The van der Waals surface area contributed by atoms with Crippen LogP contribution in [-0.2, 0) is 15.9 Å². The predicted octanol–water partition coefficient (Wildman–Crippen LogP) is 3.01. The summed E-state index contributed by atoms with van der Waals surface area (Å²) in [6.45, 7) is 5.20. The van der Waals surface area contributed by atoms with Crippen LogP contribution in [0.25, 0.3) is 6.08 Å². The minimum Gasteiger partial charge on any atom is -0.465 e. The molecule has 0 radical (unpaired) electrons. The third-order valence-electron chi connectivity index (χ3n) is 2.78. The summed E-state index contributed by atoms with van der Waals surface area (Å²) in [5.74, 6) is 0.841. The van der Waals surface area contributed by atoms with Crippen LogP contribution in [0.1, 0.15) is 30.6 Å². The van der Waals surface area contributed by atoms with Crippen molar-refractivity contribution in [1.82, 2.24) is 0 Å². The van der Waals surface area contributed by atoms with Crippen LogP contribution in [0, 0.1) is 0 Å². The number of ether oxygens (including phenoxy) is 2. The van der Waals surface area contributed by atoms with Gasteiger partial charge in [0.2, 0.25) is 0 Å². The molecule has 88 valence electrons. The van der Waals surface area contributed by atoms with Gasteiger partial charge in [-0.05, 0) is 37.8 Å². The minimum absolute atomic E-state index is 0.00664. The van der Waals surface area contributed by atoms with Gasteiger partial charge in [0.05, 0.1) is 12.9 Å². The van der Waals surface area contributed by atoms with Crippen LogP contribution in [0.4, 0.5) is 0 Å². The van der Waals surface area contributed by atoms with Crippen LogP contribution in [0.3, 0.4) is 0 Å². The highest BCUT2D eigenvalue weighted by Gasteiger charge is 2.14. The van der Waals surface area contributed by atoms with E-state index in [2.05, 4.69) is 6.58 Å². The van der Waals surface area contributed by atoms with Gasteiger partial charge in [0.15, 0.2) is 6.29 Å². The molecule has 1 unspecified atom stereocenters. The summed E-state index contributed by atoms with van der Waals surface area (Å²) in [6.07, 6.45) is 7.62. The van der Waals surface area contributed by atoms with Crippen molar-refractivity contribution < 1.29 is 13.9 Å². The summed E-state index contributed by atoms with van der Waals surface area (Å²) in [6, 6.07) is 1.96. The molecule has 3 nitrogen and oxygen atoms in total. The fraction of sp³-hybridized carbons (Fsp3) is 0.538. The van der Waals surface area contributed by atoms with Gasteiger partial charge >= 0.3 is 0 Å². The molecule has 1 aromatic rings. The van der Waals surface area contributed by atoms with Crippen molar-refractivity contribution in [2.75, 3.05) is 13.2 Å². The highest BCUT2D eigenvalue weighted by molar-refractivity contribution is 5.44. The van der Waals surface area contributed by atoms with Gasteiger partial charge in [-0.15, -0.1) is 0 Å². The number of hydrogen-bond donors (Lipinski definition) is 0. The largest absolute Gasteiger partial charge is 0.465 e. The first kappa shape index (κ1) is 11.4. The molecule has 0 aromatic carbocycles. The highest BCUT2D eigenvalue weighted by Crippen LogP contribution is 2.16. The molecule has 0 spiro atoms. The van der Waals surface area contributed by atoms with Crippen molar-refractivity contribution in [2.45, 2.75) is 32.0 Å². The Bertz CT molecular complexity index is 324. The van der Waals surface area contributed by atoms with E-state index in [0.29, 0.717) is 6.61 Å². The van der Waals surface area contributed by atoms with Gasteiger partial charge in [0.1, 0.15) is 5.76 Å².